The number of hydrogen-bond acceptors (Lipinski definition) is 2. The van der Waals surface area contributed by atoms with Crippen molar-refractivity contribution in [3.63, 3.8) is 0 Å². The smallest absolute Gasteiger partial charge is 0.0707 e. The summed E-state index contributed by atoms with van der Waals surface area (Å²) in [4.78, 5) is 4.53. The highest BCUT2D eigenvalue weighted by Gasteiger charge is 2.04. The van der Waals surface area contributed by atoms with Gasteiger partial charge < -0.3 is 5.73 Å². The number of pyridine rings is 1. The number of benzene rings is 1. The first-order chi connectivity index (χ1) is 7.66. The normalized spacial score (nSPS) is 12.9. The molecule has 2 aromatic rings. The van der Waals surface area contributed by atoms with Gasteiger partial charge in [-0.05, 0) is 44.4 Å². The molecule has 1 aromatic heterocycles. The lowest BCUT2D eigenvalue weighted by atomic mass is 10.0. The molecule has 2 N–H and O–H groups in total. The third-order valence-electron chi connectivity index (χ3n) is 2.80. The molecule has 0 aliphatic rings. The van der Waals surface area contributed by atoms with E-state index >= 15 is 0 Å². The molecule has 0 aliphatic carbocycles. The minimum absolute atomic E-state index is 0.257. The number of rotatable bonds is 3. The zero-order chi connectivity index (χ0) is 11.5. The van der Waals surface area contributed by atoms with Gasteiger partial charge in [0.15, 0.2) is 0 Å². The van der Waals surface area contributed by atoms with Gasteiger partial charge in [-0.1, -0.05) is 18.2 Å². The van der Waals surface area contributed by atoms with E-state index < -0.39 is 0 Å². The molecule has 2 heteroatoms. The topological polar surface area (TPSA) is 38.9 Å². The summed E-state index contributed by atoms with van der Waals surface area (Å²) in [5, 5.41) is 1.26. The summed E-state index contributed by atoms with van der Waals surface area (Å²) in [6.45, 7) is 4.10. The van der Waals surface area contributed by atoms with Crippen LogP contribution >= 0.6 is 0 Å². The Hall–Kier alpha value is -1.41. The van der Waals surface area contributed by atoms with E-state index in [1.807, 2.05) is 13.0 Å². The van der Waals surface area contributed by atoms with Crippen LogP contribution in [0.15, 0.2) is 30.3 Å². The molecule has 0 spiro atoms. The lowest BCUT2D eigenvalue weighted by molar-refractivity contribution is 0.667. The molecular weight excluding hydrogens is 196 g/mol. The largest absolute Gasteiger partial charge is 0.328 e. The van der Waals surface area contributed by atoms with Gasteiger partial charge >= 0.3 is 0 Å². The van der Waals surface area contributed by atoms with E-state index in [1.54, 1.807) is 0 Å². The Bertz CT molecular complexity index is 489. The second-order valence-electron chi connectivity index (χ2n) is 4.46. The summed E-state index contributed by atoms with van der Waals surface area (Å²) in [5.41, 5.74) is 9.34. The Balaban J connectivity index is 2.42. The second-order valence-corrected chi connectivity index (χ2v) is 4.46. The fourth-order valence-electron chi connectivity index (χ4n) is 1.98. The maximum Gasteiger partial charge on any atom is 0.0707 e. The van der Waals surface area contributed by atoms with Crippen LogP contribution in [0.25, 0.3) is 10.9 Å². The van der Waals surface area contributed by atoms with Crippen molar-refractivity contribution >= 4 is 10.9 Å². The number of hydrogen-bond donors (Lipinski definition) is 1. The van der Waals surface area contributed by atoms with E-state index in [0.717, 1.165) is 24.1 Å². The molecule has 2 rings (SSSR count). The van der Waals surface area contributed by atoms with Crippen molar-refractivity contribution < 1.29 is 0 Å². The number of fused-ring (bicyclic) bond motifs is 1. The van der Waals surface area contributed by atoms with Gasteiger partial charge in [0.1, 0.15) is 0 Å². The van der Waals surface area contributed by atoms with Crippen molar-refractivity contribution in [1.82, 2.24) is 4.98 Å². The summed E-state index contributed by atoms with van der Waals surface area (Å²) in [7, 11) is 0. The molecule has 0 fully saturated rings. The third kappa shape index (κ3) is 2.39. The van der Waals surface area contributed by atoms with E-state index in [-0.39, 0.29) is 6.04 Å². The zero-order valence-electron chi connectivity index (χ0n) is 9.90. The van der Waals surface area contributed by atoms with Gasteiger partial charge in [0.05, 0.1) is 5.52 Å². The molecule has 0 saturated carbocycles. The molecule has 0 radical (unpaired) electrons. The number of aromatic nitrogens is 1. The molecule has 0 unspecified atom stereocenters. The molecule has 1 atom stereocenters. The molecule has 0 saturated heterocycles. The Morgan fingerprint density at radius 1 is 1.31 bits per heavy atom. The SMILES string of the molecule is Cc1cc(CC[C@@H](C)N)c2ccccc2n1. The molecule has 1 heterocycles. The summed E-state index contributed by atoms with van der Waals surface area (Å²) >= 11 is 0. The molecule has 2 nitrogen and oxygen atoms in total. The van der Waals surface area contributed by atoms with Crippen LogP contribution in [0.4, 0.5) is 0 Å². The first kappa shape index (κ1) is 11.1. The fourth-order valence-corrected chi connectivity index (χ4v) is 1.98. The zero-order valence-corrected chi connectivity index (χ0v) is 9.90. The Labute approximate surface area is 96.5 Å². The average molecular weight is 214 g/mol. The first-order valence-corrected chi connectivity index (χ1v) is 5.77. The molecular formula is C14H18N2. The Kier molecular flexibility index (Phi) is 3.20. The molecule has 0 amide bonds. The number of nitrogens with zero attached hydrogens (tertiary/aromatic N) is 1. The van der Waals surface area contributed by atoms with E-state index in [1.165, 1.54) is 10.9 Å². The summed E-state index contributed by atoms with van der Waals surface area (Å²) in [5.74, 6) is 0. The predicted octanol–water partition coefficient (Wildman–Crippen LogP) is 2.82. The van der Waals surface area contributed by atoms with Crippen LogP contribution in [-0.2, 0) is 6.42 Å². The molecule has 0 aliphatic heterocycles. The van der Waals surface area contributed by atoms with Crippen LogP contribution in [0.1, 0.15) is 24.6 Å². The standard InChI is InChI=1S/C14H18N2/c1-10(15)7-8-12-9-11(2)16-14-6-4-3-5-13(12)14/h3-6,9-10H,7-8,15H2,1-2H3/t10-/m1/s1. The highest BCUT2D eigenvalue weighted by atomic mass is 14.7. The lowest BCUT2D eigenvalue weighted by Crippen LogP contribution is -2.15. The van der Waals surface area contributed by atoms with Crippen molar-refractivity contribution in [2.75, 3.05) is 0 Å². The highest BCUT2D eigenvalue weighted by molar-refractivity contribution is 5.82. The van der Waals surface area contributed by atoms with Crippen molar-refractivity contribution in [1.29, 1.82) is 0 Å². The van der Waals surface area contributed by atoms with Crippen molar-refractivity contribution in [3.8, 4) is 0 Å². The fraction of sp³-hybridized carbons (Fsp3) is 0.357. The highest BCUT2D eigenvalue weighted by Crippen LogP contribution is 2.19. The second kappa shape index (κ2) is 4.62. The minimum atomic E-state index is 0.257. The van der Waals surface area contributed by atoms with Gasteiger partial charge in [-0.3, -0.25) is 4.98 Å². The van der Waals surface area contributed by atoms with Crippen LogP contribution in [0.2, 0.25) is 0 Å². The van der Waals surface area contributed by atoms with Crippen LogP contribution < -0.4 is 5.73 Å². The predicted molar refractivity (Wildman–Crippen MR) is 68.5 cm³/mol. The maximum atomic E-state index is 5.81. The summed E-state index contributed by atoms with van der Waals surface area (Å²) in [6, 6.07) is 10.7. The summed E-state index contributed by atoms with van der Waals surface area (Å²) < 4.78 is 0. The van der Waals surface area contributed by atoms with E-state index in [4.69, 9.17) is 5.73 Å². The van der Waals surface area contributed by atoms with Crippen LogP contribution in [0.5, 0.6) is 0 Å². The minimum Gasteiger partial charge on any atom is -0.328 e. The van der Waals surface area contributed by atoms with E-state index in [9.17, 15) is 0 Å². The number of nitrogens with two attached hydrogens (primary N) is 1. The van der Waals surface area contributed by atoms with Crippen molar-refractivity contribution in [2.45, 2.75) is 32.7 Å². The maximum absolute atomic E-state index is 5.81. The summed E-state index contributed by atoms with van der Waals surface area (Å²) in [6.07, 6.45) is 2.05. The van der Waals surface area contributed by atoms with E-state index in [2.05, 4.69) is 36.2 Å². The van der Waals surface area contributed by atoms with Gasteiger partial charge in [-0.25, -0.2) is 0 Å². The average Bonchev–Trinajstić information content (AvgIpc) is 2.25. The van der Waals surface area contributed by atoms with Crippen LogP contribution in [0, 0.1) is 6.92 Å². The molecule has 0 bridgehead atoms. The third-order valence-corrected chi connectivity index (χ3v) is 2.80. The Morgan fingerprint density at radius 2 is 2.06 bits per heavy atom. The van der Waals surface area contributed by atoms with Gasteiger partial charge in [0.2, 0.25) is 0 Å². The lowest BCUT2D eigenvalue weighted by Gasteiger charge is -2.09. The first-order valence-electron chi connectivity index (χ1n) is 5.77. The van der Waals surface area contributed by atoms with Crippen LogP contribution in [-0.4, -0.2) is 11.0 Å². The quantitative estimate of drug-likeness (QED) is 0.853. The number of para-hydroxylation sites is 1. The Morgan fingerprint density at radius 3 is 2.81 bits per heavy atom. The van der Waals surface area contributed by atoms with Crippen molar-refractivity contribution in [2.24, 2.45) is 5.73 Å². The molecule has 1 aromatic carbocycles. The van der Waals surface area contributed by atoms with Gasteiger partial charge in [-0.15, -0.1) is 0 Å². The molecule has 84 valence electrons. The van der Waals surface area contributed by atoms with Gasteiger partial charge in [0.25, 0.3) is 0 Å². The van der Waals surface area contributed by atoms with Gasteiger partial charge in [0, 0.05) is 17.1 Å². The van der Waals surface area contributed by atoms with E-state index in [0.29, 0.717) is 0 Å². The van der Waals surface area contributed by atoms with Crippen LogP contribution in [0.3, 0.4) is 0 Å². The molecule has 16 heavy (non-hydrogen) atoms. The van der Waals surface area contributed by atoms with Crippen molar-refractivity contribution in [3.05, 3.63) is 41.6 Å². The monoisotopic (exact) mass is 214 g/mol. The number of aryl methyl sites for hydroxylation is 2. The van der Waals surface area contributed by atoms with Gasteiger partial charge in [-0.2, -0.15) is 0 Å².